The van der Waals surface area contributed by atoms with E-state index in [0.717, 1.165) is 12.8 Å². The highest BCUT2D eigenvalue weighted by Crippen LogP contribution is 2.33. The lowest BCUT2D eigenvalue weighted by Crippen LogP contribution is -2.33. The van der Waals surface area contributed by atoms with Crippen molar-refractivity contribution in [3.8, 4) is 0 Å². The molecule has 0 bridgehead atoms. The molecule has 108 valence electrons. The van der Waals surface area contributed by atoms with Crippen molar-refractivity contribution in [1.82, 2.24) is 0 Å². The van der Waals surface area contributed by atoms with E-state index in [2.05, 4.69) is 5.73 Å². The fourth-order valence-corrected chi connectivity index (χ4v) is 2.64. The Balaban J connectivity index is 2.13. The van der Waals surface area contributed by atoms with Gasteiger partial charge in [0, 0.05) is 0 Å². The number of halogens is 2. The average Bonchev–Trinajstić information content (AvgIpc) is 2.46. The molecule has 1 aromatic carbocycles. The molecule has 0 atom stereocenters. The maximum absolute atomic E-state index is 13.1. The summed E-state index contributed by atoms with van der Waals surface area (Å²) in [6.07, 6.45) is 7.87. The molecule has 1 aliphatic carbocycles. The normalized spacial score (nSPS) is 17.5. The molecule has 4 heteroatoms. The fourth-order valence-electron chi connectivity index (χ4n) is 2.64. The first kappa shape index (κ1) is 14.7. The number of primary amides is 1. The van der Waals surface area contributed by atoms with Gasteiger partial charge >= 0.3 is 5.92 Å². The van der Waals surface area contributed by atoms with E-state index in [1.807, 2.05) is 18.2 Å². The lowest BCUT2D eigenvalue weighted by atomic mass is 9.83. The molecule has 0 heterocycles. The molecule has 0 aliphatic heterocycles. The summed E-state index contributed by atoms with van der Waals surface area (Å²) in [7, 11) is 0. The molecule has 2 N–H and O–H groups in total. The van der Waals surface area contributed by atoms with Gasteiger partial charge in [-0.15, -0.1) is 0 Å². The molecule has 0 spiro atoms. The zero-order chi connectivity index (χ0) is 14.6. The monoisotopic (exact) mass is 279 g/mol. The first-order valence-electron chi connectivity index (χ1n) is 6.96. The molecule has 0 aromatic heterocycles. The van der Waals surface area contributed by atoms with Crippen LogP contribution in [0.25, 0.3) is 6.08 Å². The van der Waals surface area contributed by atoms with Gasteiger partial charge in [-0.3, -0.25) is 4.79 Å². The van der Waals surface area contributed by atoms with E-state index in [4.69, 9.17) is 0 Å². The predicted molar refractivity (Wildman–Crippen MR) is 75.4 cm³/mol. The number of carbonyl (C=O) groups excluding carboxylic acids is 1. The Kier molecular flexibility index (Phi) is 4.53. The van der Waals surface area contributed by atoms with E-state index in [1.165, 1.54) is 30.9 Å². The third kappa shape index (κ3) is 3.65. The largest absolute Gasteiger partial charge is 0.364 e. The Labute approximate surface area is 117 Å². The minimum Gasteiger partial charge on any atom is -0.364 e. The fraction of sp³-hybridized carbons (Fsp3) is 0.438. The second kappa shape index (κ2) is 6.16. The third-order valence-corrected chi connectivity index (χ3v) is 3.80. The maximum atomic E-state index is 13.1. The van der Waals surface area contributed by atoms with Gasteiger partial charge in [-0.05, 0) is 36.0 Å². The smallest absolute Gasteiger partial charge is 0.343 e. The van der Waals surface area contributed by atoms with Crippen LogP contribution in [0.3, 0.4) is 0 Å². The number of hydrogen-bond acceptors (Lipinski definition) is 1. The van der Waals surface area contributed by atoms with Crippen molar-refractivity contribution in [2.45, 2.75) is 43.9 Å². The van der Waals surface area contributed by atoms with Crippen LogP contribution in [0.2, 0.25) is 0 Å². The van der Waals surface area contributed by atoms with Crippen molar-refractivity contribution in [3.05, 3.63) is 41.5 Å². The van der Waals surface area contributed by atoms with Crippen LogP contribution in [0, 0.1) is 0 Å². The first-order chi connectivity index (χ1) is 9.49. The quantitative estimate of drug-likeness (QED) is 0.893. The van der Waals surface area contributed by atoms with E-state index in [-0.39, 0.29) is 0 Å². The van der Waals surface area contributed by atoms with Crippen LogP contribution in [-0.2, 0) is 4.79 Å². The van der Waals surface area contributed by atoms with Gasteiger partial charge in [0.2, 0.25) is 0 Å². The van der Waals surface area contributed by atoms with E-state index in [1.54, 1.807) is 6.07 Å². The molecule has 0 saturated heterocycles. The Hall–Kier alpha value is -1.71. The van der Waals surface area contributed by atoms with E-state index in [9.17, 15) is 13.6 Å². The lowest BCUT2D eigenvalue weighted by Gasteiger charge is -2.22. The summed E-state index contributed by atoms with van der Waals surface area (Å²) in [6.45, 7) is 0. The van der Waals surface area contributed by atoms with Gasteiger partial charge in [0.15, 0.2) is 0 Å². The topological polar surface area (TPSA) is 43.1 Å². The number of alkyl halides is 2. The molecule has 1 aliphatic rings. The highest BCUT2D eigenvalue weighted by Gasteiger charge is 2.32. The first-order valence-corrected chi connectivity index (χ1v) is 6.96. The van der Waals surface area contributed by atoms with Gasteiger partial charge in [0.1, 0.15) is 0 Å². The number of carbonyl (C=O) groups is 1. The standard InChI is InChI=1S/C16H19F2NO/c17-16(18,15(19)20)10-9-12-5-4-8-14(11-12)13-6-2-1-3-7-13/h4-5,8-11,13H,1-3,6-7H2,(H2,19,20). The number of benzene rings is 1. The van der Waals surface area contributed by atoms with Crippen LogP contribution >= 0.6 is 0 Å². The van der Waals surface area contributed by atoms with Crippen molar-refractivity contribution in [3.63, 3.8) is 0 Å². The van der Waals surface area contributed by atoms with E-state index >= 15 is 0 Å². The predicted octanol–water partition coefficient (Wildman–Crippen LogP) is 3.87. The van der Waals surface area contributed by atoms with Crippen LogP contribution in [0.15, 0.2) is 30.3 Å². The molecular formula is C16H19F2NO. The Morgan fingerprint density at radius 2 is 1.95 bits per heavy atom. The molecule has 2 rings (SSSR count). The molecule has 1 amide bonds. The molecule has 0 radical (unpaired) electrons. The summed E-state index contributed by atoms with van der Waals surface area (Å²) in [5.41, 5.74) is 6.51. The van der Waals surface area contributed by atoms with Crippen molar-refractivity contribution >= 4 is 12.0 Å². The average molecular weight is 279 g/mol. The summed E-state index contributed by atoms with van der Waals surface area (Å²) < 4.78 is 26.3. The number of hydrogen-bond donors (Lipinski definition) is 1. The number of nitrogens with two attached hydrogens (primary N) is 1. The SMILES string of the molecule is NC(=O)C(F)(F)C=Cc1cccc(C2CCCCC2)c1. The van der Waals surface area contributed by atoms with Crippen LogP contribution in [0.4, 0.5) is 8.78 Å². The van der Waals surface area contributed by atoms with Crippen molar-refractivity contribution in [2.24, 2.45) is 5.73 Å². The number of rotatable bonds is 4. The van der Waals surface area contributed by atoms with E-state index < -0.39 is 11.8 Å². The van der Waals surface area contributed by atoms with Gasteiger partial charge in [-0.2, -0.15) is 8.78 Å². The van der Waals surface area contributed by atoms with Gasteiger partial charge in [0.05, 0.1) is 0 Å². The summed E-state index contributed by atoms with van der Waals surface area (Å²) in [6, 6.07) is 7.58. The Bertz CT molecular complexity index is 505. The Morgan fingerprint density at radius 1 is 1.25 bits per heavy atom. The highest BCUT2D eigenvalue weighted by molar-refractivity contribution is 5.84. The minimum atomic E-state index is -3.60. The summed E-state index contributed by atoms with van der Waals surface area (Å²) >= 11 is 0. The van der Waals surface area contributed by atoms with Crippen molar-refractivity contribution < 1.29 is 13.6 Å². The molecule has 1 aromatic rings. The third-order valence-electron chi connectivity index (χ3n) is 3.80. The molecule has 2 nitrogen and oxygen atoms in total. The molecule has 0 unspecified atom stereocenters. The zero-order valence-corrected chi connectivity index (χ0v) is 11.3. The summed E-state index contributed by atoms with van der Waals surface area (Å²) in [5.74, 6) is -4.70. The van der Waals surface area contributed by atoms with Gasteiger partial charge in [-0.25, -0.2) is 0 Å². The zero-order valence-electron chi connectivity index (χ0n) is 11.3. The Morgan fingerprint density at radius 3 is 2.60 bits per heavy atom. The van der Waals surface area contributed by atoms with Crippen molar-refractivity contribution in [1.29, 1.82) is 0 Å². The number of amides is 1. The van der Waals surface area contributed by atoms with Crippen LogP contribution < -0.4 is 5.73 Å². The highest BCUT2D eigenvalue weighted by atomic mass is 19.3. The second-order valence-corrected chi connectivity index (χ2v) is 5.33. The van der Waals surface area contributed by atoms with E-state index in [0.29, 0.717) is 17.6 Å². The maximum Gasteiger partial charge on any atom is 0.343 e. The minimum absolute atomic E-state index is 0.522. The van der Waals surface area contributed by atoms with Crippen LogP contribution in [0.5, 0.6) is 0 Å². The van der Waals surface area contributed by atoms with Gasteiger partial charge in [0.25, 0.3) is 5.91 Å². The second-order valence-electron chi connectivity index (χ2n) is 5.33. The molecule has 1 fully saturated rings. The van der Waals surface area contributed by atoms with Crippen molar-refractivity contribution in [2.75, 3.05) is 0 Å². The van der Waals surface area contributed by atoms with Crippen LogP contribution in [0.1, 0.15) is 49.1 Å². The summed E-state index contributed by atoms with van der Waals surface area (Å²) in [4.78, 5) is 10.6. The molecule has 20 heavy (non-hydrogen) atoms. The molecular weight excluding hydrogens is 260 g/mol. The lowest BCUT2D eigenvalue weighted by molar-refractivity contribution is -0.135. The van der Waals surface area contributed by atoms with Crippen LogP contribution in [-0.4, -0.2) is 11.8 Å². The summed E-state index contributed by atoms with van der Waals surface area (Å²) in [5, 5.41) is 0. The van der Waals surface area contributed by atoms with Gasteiger partial charge < -0.3 is 5.73 Å². The molecule has 1 saturated carbocycles. The van der Waals surface area contributed by atoms with Gasteiger partial charge in [-0.1, -0.05) is 49.6 Å².